The molecule has 0 aliphatic heterocycles. The quantitative estimate of drug-likeness (QED) is 0.756. The fraction of sp³-hybridized carbons (Fsp3) is 0.200. The predicted molar refractivity (Wildman–Crippen MR) is 55.1 cm³/mol. The summed E-state index contributed by atoms with van der Waals surface area (Å²) in [5.41, 5.74) is 1.01. The van der Waals surface area contributed by atoms with Gasteiger partial charge in [0.15, 0.2) is 5.82 Å². The molecule has 78 valence electrons. The van der Waals surface area contributed by atoms with Crippen LogP contribution in [0.1, 0.15) is 11.6 Å². The molecule has 0 atom stereocenters. The van der Waals surface area contributed by atoms with Crippen molar-refractivity contribution in [3.63, 3.8) is 0 Å². The highest BCUT2D eigenvalue weighted by molar-refractivity contribution is 5.33. The van der Waals surface area contributed by atoms with E-state index in [1.807, 2.05) is 41.8 Å². The molecule has 0 unspecified atom stereocenters. The van der Waals surface area contributed by atoms with Crippen molar-refractivity contribution < 1.29 is 4.84 Å². The molecule has 1 aromatic heterocycles. The van der Waals surface area contributed by atoms with E-state index in [0.717, 1.165) is 11.5 Å². The van der Waals surface area contributed by atoms with E-state index < -0.39 is 0 Å². The van der Waals surface area contributed by atoms with Crippen LogP contribution in [0.3, 0.4) is 0 Å². The molecular formula is C10H12N4O. The van der Waals surface area contributed by atoms with Crippen molar-refractivity contribution in [1.82, 2.24) is 14.8 Å². The first-order valence-electron chi connectivity index (χ1n) is 4.61. The number of para-hydroxylation sites is 1. The summed E-state index contributed by atoms with van der Waals surface area (Å²) in [5.74, 6) is 6.54. The van der Waals surface area contributed by atoms with Crippen molar-refractivity contribution in [2.75, 3.05) is 0 Å². The molecule has 0 radical (unpaired) electrons. The van der Waals surface area contributed by atoms with Crippen molar-refractivity contribution in [3.8, 4) is 5.69 Å². The van der Waals surface area contributed by atoms with Gasteiger partial charge in [0, 0.05) is 5.69 Å². The van der Waals surface area contributed by atoms with Gasteiger partial charge in [-0.15, -0.1) is 10.2 Å². The predicted octanol–water partition coefficient (Wildman–Crippen LogP) is 0.966. The fourth-order valence-electron chi connectivity index (χ4n) is 1.49. The minimum absolute atomic E-state index is 0.246. The topological polar surface area (TPSA) is 66.0 Å². The lowest BCUT2D eigenvalue weighted by molar-refractivity contribution is 0.117. The van der Waals surface area contributed by atoms with E-state index in [4.69, 9.17) is 5.90 Å². The molecule has 0 spiro atoms. The number of aryl methyl sites for hydroxylation is 1. The smallest absolute Gasteiger partial charge is 0.165 e. The lowest BCUT2D eigenvalue weighted by Gasteiger charge is -2.07. The van der Waals surface area contributed by atoms with Gasteiger partial charge in [-0.25, -0.2) is 5.90 Å². The Balaban J connectivity index is 2.47. The molecular weight excluding hydrogens is 192 g/mol. The highest BCUT2D eigenvalue weighted by Gasteiger charge is 2.09. The molecule has 1 heterocycles. The molecule has 2 aromatic rings. The van der Waals surface area contributed by atoms with Gasteiger partial charge in [0.2, 0.25) is 0 Å². The maximum atomic E-state index is 5.04. The second-order valence-electron chi connectivity index (χ2n) is 3.15. The molecule has 2 rings (SSSR count). The Kier molecular flexibility index (Phi) is 2.75. The number of benzene rings is 1. The second kappa shape index (κ2) is 4.20. The Morgan fingerprint density at radius 1 is 1.27 bits per heavy atom. The molecule has 0 amide bonds. The molecule has 0 aliphatic carbocycles. The minimum Gasteiger partial charge on any atom is -0.296 e. The van der Waals surface area contributed by atoms with Crippen molar-refractivity contribution in [2.45, 2.75) is 13.5 Å². The van der Waals surface area contributed by atoms with Crippen LogP contribution in [-0.4, -0.2) is 14.8 Å². The highest BCUT2D eigenvalue weighted by Crippen LogP contribution is 2.12. The van der Waals surface area contributed by atoms with Gasteiger partial charge < -0.3 is 0 Å². The second-order valence-corrected chi connectivity index (χ2v) is 3.15. The average molecular weight is 204 g/mol. The van der Waals surface area contributed by atoms with Crippen molar-refractivity contribution in [2.24, 2.45) is 5.90 Å². The molecule has 0 aliphatic rings. The standard InChI is InChI=1S/C10H12N4O/c1-8-12-13-10(7-15-11)14(8)9-5-3-2-4-6-9/h2-6H,7,11H2,1H3. The average Bonchev–Trinajstić information content (AvgIpc) is 2.62. The fourth-order valence-corrected chi connectivity index (χ4v) is 1.49. The third kappa shape index (κ3) is 1.88. The van der Waals surface area contributed by atoms with Crippen LogP contribution in [0, 0.1) is 6.92 Å². The summed E-state index contributed by atoms with van der Waals surface area (Å²) < 4.78 is 1.91. The highest BCUT2D eigenvalue weighted by atomic mass is 16.6. The molecule has 5 nitrogen and oxygen atoms in total. The zero-order chi connectivity index (χ0) is 10.7. The molecule has 0 fully saturated rings. The van der Waals surface area contributed by atoms with Crippen LogP contribution in [0.15, 0.2) is 30.3 Å². The van der Waals surface area contributed by atoms with Gasteiger partial charge in [0.05, 0.1) is 0 Å². The Morgan fingerprint density at radius 2 is 2.00 bits per heavy atom. The molecule has 2 N–H and O–H groups in total. The number of hydrogen-bond donors (Lipinski definition) is 1. The molecule has 5 heteroatoms. The zero-order valence-electron chi connectivity index (χ0n) is 8.42. The van der Waals surface area contributed by atoms with E-state index in [2.05, 4.69) is 15.0 Å². The summed E-state index contributed by atoms with van der Waals surface area (Å²) in [6.07, 6.45) is 0. The van der Waals surface area contributed by atoms with E-state index in [-0.39, 0.29) is 6.61 Å². The summed E-state index contributed by atoms with van der Waals surface area (Å²) >= 11 is 0. The van der Waals surface area contributed by atoms with Gasteiger partial charge in [-0.1, -0.05) is 18.2 Å². The Labute approximate surface area is 87.5 Å². The first-order valence-corrected chi connectivity index (χ1v) is 4.61. The van der Waals surface area contributed by atoms with Crippen molar-refractivity contribution >= 4 is 0 Å². The number of aromatic nitrogens is 3. The van der Waals surface area contributed by atoms with Crippen LogP contribution in [0.25, 0.3) is 5.69 Å². The number of rotatable bonds is 3. The lowest BCUT2D eigenvalue weighted by atomic mass is 10.3. The van der Waals surface area contributed by atoms with E-state index in [0.29, 0.717) is 5.82 Å². The normalized spacial score (nSPS) is 10.5. The van der Waals surface area contributed by atoms with Gasteiger partial charge >= 0.3 is 0 Å². The van der Waals surface area contributed by atoms with Crippen molar-refractivity contribution in [1.29, 1.82) is 0 Å². The largest absolute Gasteiger partial charge is 0.296 e. The monoisotopic (exact) mass is 204 g/mol. The molecule has 1 aromatic carbocycles. The number of hydrogen-bond acceptors (Lipinski definition) is 4. The molecule has 0 saturated heterocycles. The zero-order valence-corrected chi connectivity index (χ0v) is 8.42. The first-order chi connectivity index (χ1) is 7.33. The Bertz CT molecular complexity index is 438. The first kappa shape index (κ1) is 9.82. The SMILES string of the molecule is Cc1nnc(CON)n1-c1ccccc1. The van der Waals surface area contributed by atoms with Gasteiger partial charge in [-0.05, 0) is 19.1 Å². The summed E-state index contributed by atoms with van der Waals surface area (Å²) in [5, 5.41) is 7.98. The minimum atomic E-state index is 0.246. The number of nitrogens with zero attached hydrogens (tertiary/aromatic N) is 3. The van der Waals surface area contributed by atoms with Crippen LogP contribution >= 0.6 is 0 Å². The number of nitrogens with two attached hydrogens (primary N) is 1. The maximum Gasteiger partial charge on any atom is 0.165 e. The molecule has 0 bridgehead atoms. The maximum absolute atomic E-state index is 5.04. The third-order valence-corrected chi connectivity index (χ3v) is 2.12. The van der Waals surface area contributed by atoms with Crippen LogP contribution in [0.4, 0.5) is 0 Å². The Hall–Kier alpha value is -1.72. The summed E-state index contributed by atoms with van der Waals surface area (Å²) in [7, 11) is 0. The van der Waals surface area contributed by atoms with Gasteiger partial charge in [-0.2, -0.15) is 0 Å². The van der Waals surface area contributed by atoms with Crippen LogP contribution < -0.4 is 5.90 Å². The third-order valence-electron chi connectivity index (χ3n) is 2.12. The Morgan fingerprint density at radius 3 is 2.67 bits per heavy atom. The van der Waals surface area contributed by atoms with E-state index in [1.54, 1.807) is 0 Å². The van der Waals surface area contributed by atoms with Gasteiger partial charge in [0.25, 0.3) is 0 Å². The van der Waals surface area contributed by atoms with Crippen LogP contribution in [0.2, 0.25) is 0 Å². The molecule has 0 saturated carbocycles. The van der Waals surface area contributed by atoms with E-state index in [1.165, 1.54) is 0 Å². The van der Waals surface area contributed by atoms with Crippen molar-refractivity contribution in [3.05, 3.63) is 42.0 Å². The molecule has 15 heavy (non-hydrogen) atoms. The van der Waals surface area contributed by atoms with Crippen LogP contribution in [-0.2, 0) is 11.4 Å². The lowest BCUT2D eigenvalue weighted by Crippen LogP contribution is -2.07. The van der Waals surface area contributed by atoms with Gasteiger partial charge in [0.1, 0.15) is 12.4 Å². The summed E-state index contributed by atoms with van der Waals surface area (Å²) in [6.45, 7) is 2.13. The summed E-state index contributed by atoms with van der Waals surface area (Å²) in [6, 6.07) is 9.85. The van der Waals surface area contributed by atoms with Crippen LogP contribution in [0.5, 0.6) is 0 Å². The van der Waals surface area contributed by atoms with E-state index in [9.17, 15) is 0 Å². The van der Waals surface area contributed by atoms with Gasteiger partial charge in [-0.3, -0.25) is 9.40 Å². The summed E-state index contributed by atoms with van der Waals surface area (Å²) in [4.78, 5) is 4.58. The van der Waals surface area contributed by atoms with E-state index >= 15 is 0 Å².